The number of aliphatic hydroxyl groups is 1. The summed E-state index contributed by atoms with van der Waals surface area (Å²) in [4.78, 5) is 11.6. The highest BCUT2D eigenvalue weighted by atomic mass is 16.5. The fourth-order valence-electron chi connectivity index (χ4n) is 1.49. The average molecular weight is 256 g/mol. The molecule has 1 amide bonds. The van der Waals surface area contributed by atoms with E-state index < -0.39 is 0 Å². The number of aromatic nitrogens is 2. The highest BCUT2D eigenvalue weighted by Crippen LogP contribution is 2.14. The number of nitrogens with zero attached hydrogens (tertiary/aromatic N) is 2. The highest BCUT2D eigenvalue weighted by Gasteiger charge is 2.10. The van der Waals surface area contributed by atoms with Crippen LogP contribution in [0.1, 0.15) is 11.4 Å². The average Bonchev–Trinajstić information content (AvgIpc) is 2.57. The van der Waals surface area contributed by atoms with Gasteiger partial charge in [0.15, 0.2) is 0 Å². The molecule has 7 heteroatoms. The summed E-state index contributed by atoms with van der Waals surface area (Å²) in [5.41, 5.74) is 7.91. The summed E-state index contributed by atoms with van der Waals surface area (Å²) in [7, 11) is 0. The van der Waals surface area contributed by atoms with Crippen LogP contribution in [0.25, 0.3) is 0 Å². The number of anilines is 1. The van der Waals surface area contributed by atoms with E-state index in [-0.39, 0.29) is 25.7 Å². The predicted octanol–water partition coefficient (Wildman–Crippen LogP) is -0.793. The zero-order valence-corrected chi connectivity index (χ0v) is 10.8. The van der Waals surface area contributed by atoms with E-state index in [2.05, 4.69) is 10.4 Å². The van der Waals surface area contributed by atoms with Crippen LogP contribution in [0.15, 0.2) is 0 Å². The first-order valence-electron chi connectivity index (χ1n) is 5.81. The van der Waals surface area contributed by atoms with E-state index in [4.69, 9.17) is 15.6 Å². The number of carbonyl (C=O) groups excluding carboxylic acids is 1. The number of ether oxygens (including phenoxy) is 1. The van der Waals surface area contributed by atoms with Crippen molar-refractivity contribution < 1.29 is 14.6 Å². The van der Waals surface area contributed by atoms with E-state index in [0.717, 1.165) is 11.4 Å². The third kappa shape index (κ3) is 4.01. The molecule has 1 aromatic rings. The molecular formula is C11H20N4O3. The van der Waals surface area contributed by atoms with Gasteiger partial charge in [-0.1, -0.05) is 0 Å². The van der Waals surface area contributed by atoms with Crippen LogP contribution >= 0.6 is 0 Å². The molecule has 0 spiro atoms. The minimum absolute atomic E-state index is 0.0149. The summed E-state index contributed by atoms with van der Waals surface area (Å²) in [6, 6.07) is 0. The first-order chi connectivity index (χ1) is 8.56. The molecule has 0 saturated heterocycles. The maximum atomic E-state index is 11.6. The number of rotatable bonds is 7. The van der Waals surface area contributed by atoms with Gasteiger partial charge < -0.3 is 20.9 Å². The maximum Gasteiger partial charge on any atom is 0.241 e. The Morgan fingerprint density at radius 2 is 2.22 bits per heavy atom. The third-order valence-electron chi connectivity index (χ3n) is 2.54. The number of carbonyl (C=O) groups is 1. The second-order valence-corrected chi connectivity index (χ2v) is 3.93. The first-order valence-corrected chi connectivity index (χ1v) is 5.81. The monoisotopic (exact) mass is 256 g/mol. The zero-order valence-electron chi connectivity index (χ0n) is 10.8. The third-order valence-corrected chi connectivity index (χ3v) is 2.54. The van der Waals surface area contributed by atoms with Crippen LogP contribution in [0.4, 0.5) is 5.69 Å². The molecule has 1 rings (SSSR count). The van der Waals surface area contributed by atoms with Gasteiger partial charge in [0.2, 0.25) is 5.91 Å². The van der Waals surface area contributed by atoms with Crippen LogP contribution in [0.5, 0.6) is 0 Å². The van der Waals surface area contributed by atoms with Gasteiger partial charge in [0.1, 0.15) is 6.54 Å². The van der Waals surface area contributed by atoms with Gasteiger partial charge in [0.25, 0.3) is 0 Å². The van der Waals surface area contributed by atoms with E-state index >= 15 is 0 Å². The first kappa shape index (κ1) is 14.5. The standard InChI is InChI=1S/C11H20N4O3/c1-8-11(12)9(2)15(14-8)7-10(17)13-3-5-18-6-4-16/h16H,3-7,12H2,1-2H3,(H,13,17). The lowest BCUT2D eigenvalue weighted by molar-refractivity contribution is -0.122. The molecule has 0 saturated carbocycles. The van der Waals surface area contributed by atoms with E-state index in [1.807, 2.05) is 6.92 Å². The molecule has 0 aromatic carbocycles. The lowest BCUT2D eigenvalue weighted by Crippen LogP contribution is -2.31. The molecular weight excluding hydrogens is 236 g/mol. The fourth-order valence-corrected chi connectivity index (χ4v) is 1.49. The molecule has 102 valence electrons. The van der Waals surface area contributed by atoms with Crippen molar-refractivity contribution in [1.29, 1.82) is 0 Å². The van der Waals surface area contributed by atoms with Crippen molar-refractivity contribution >= 4 is 11.6 Å². The number of nitrogens with two attached hydrogens (primary N) is 1. The van der Waals surface area contributed by atoms with Crippen LogP contribution in [0, 0.1) is 13.8 Å². The van der Waals surface area contributed by atoms with E-state index in [9.17, 15) is 4.79 Å². The number of nitrogens with one attached hydrogen (secondary N) is 1. The van der Waals surface area contributed by atoms with Gasteiger partial charge in [0.05, 0.1) is 36.9 Å². The minimum Gasteiger partial charge on any atom is -0.396 e. The Morgan fingerprint density at radius 3 is 2.78 bits per heavy atom. The van der Waals surface area contributed by atoms with Crippen LogP contribution in [0.2, 0.25) is 0 Å². The van der Waals surface area contributed by atoms with Gasteiger partial charge in [0, 0.05) is 6.54 Å². The van der Waals surface area contributed by atoms with Crippen molar-refractivity contribution in [2.45, 2.75) is 20.4 Å². The molecule has 4 N–H and O–H groups in total. The second kappa shape index (κ2) is 6.97. The fraction of sp³-hybridized carbons (Fsp3) is 0.636. The largest absolute Gasteiger partial charge is 0.396 e. The molecule has 1 heterocycles. The highest BCUT2D eigenvalue weighted by molar-refractivity contribution is 5.75. The molecule has 1 aromatic heterocycles. The number of aryl methyl sites for hydroxylation is 1. The lowest BCUT2D eigenvalue weighted by atomic mass is 10.3. The summed E-state index contributed by atoms with van der Waals surface area (Å²) in [5.74, 6) is -0.145. The Labute approximate surface area is 106 Å². The van der Waals surface area contributed by atoms with E-state index in [1.165, 1.54) is 0 Å². The van der Waals surface area contributed by atoms with Crippen molar-refractivity contribution in [3.05, 3.63) is 11.4 Å². The molecule has 0 atom stereocenters. The summed E-state index contributed by atoms with van der Waals surface area (Å²) in [6.07, 6.45) is 0. The van der Waals surface area contributed by atoms with Gasteiger partial charge in [-0.3, -0.25) is 9.48 Å². The topological polar surface area (TPSA) is 102 Å². The Balaban J connectivity index is 2.33. The predicted molar refractivity (Wildman–Crippen MR) is 67.0 cm³/mol. The van der Waals surface area contributed by atoms with Crippen molar-refractivity contribution in [1.82, 2.24) is 15.1 Å². The molecule has 0 fully saturated rings. The summed E-state index contributed by atoms with van der Waals surface area (Å²) in [6.45, 7) is 4.83. The molecule has 7 nitrogen and oxygen atoms in total. The number of hydrogen-bond acceptors (Lipinski definition) is 5. The summed E-state index contributed by atoms with van der Waals surface area (Å²) >= 11 is 0. The van der Waals surface area contributed by atoms with Crippen molar-refractivity contribution in [2.24, 2.45) is 0 Å². The Hall–Kier alpha value is -1.60. The Morgan fingerprint density at radius 1 is 1.50 bits per heavy atom. The minimum atomic E-state index is -0.145. The maximum absolute atomic E-state index is 11.6. The second-order valence-electron chi connectivity index (χ2n) is 3.93. The number of aliphatic hydroxyl groups excluding tert-OH is 1. The Bertz CT molecular complexity index is 403. The normalized spacial score (nSPS) is 10.6. The SMILES string of the molecule is Cc1nn(CC(=O)NCCOCCO)c(C)c1N. The molecule has 0 aliphatic rings. The van der Waals surface area contributed by atoms with Crippen molar-refractivity contribution in [2.75, 3.05) is 32.1 Å². The number of hydrogen-bond donors (Lipinski definition) is 3. The van der Waals surface area contributed by atoms with Gasteiger partial charge in [-0.05, 0) is 13.8 Å². The van der Waals surface area contributed by atoms with Gasteiger partial charge in [-0.15, -0.1) is 0 Å². The Kier molecular flexibility index (Phi) is 5.60. The summed E-state index contributed by atoms with van der Waals surface area (Å²) < 4.78 is 6.60. The quantitative estimate of drug-likeness (QED) is 0.555. The van der Waals surface area contributed by atoms with Gasteiger partial charge in [-0.25, -0.2) is 0 Å². The van der Waals surface area contributed by atoms with Gasteiger partial charge in [-0.2, -0.15) is 5.10 Å². The van der Waals surface area contributed by atoms with Crippen molar-refractivity contribution in [3.8, 4) is 0 Å². The molecule has 0 aliphatic carbocycles. The lowest BCUT2D eigenvalue weighted by Gasteiger charge is -2.07. The van der Waals surface area contributed by atoms with E-state index in [0.29, 0.717) is 18.8 Å². The number of amides is 1. The smallest absolute Gasteiger partial charge is 0.241 e. The van der Waals surface area contributed by atoms with Gasteiger partial charge >= 0.3 is 0 Å². The van der Waals surface area contributed by atoms with Crippen LogP contribution in [0.3, 0.4) is 0 Å². The zero-order chi connectivity index (χ0) is 13.5. The van der Waals surface area contributed by atoms with Crippen LogP contribution < -0.4 is 11.1 Å². The van der Waals surface area contributed by atoms with E-state index in [1.54, 1.807) is 11.6 Å². The van der Waals surface area contributed by atoms with Crippen LogP contribution in [-0.4, -0.2) is 47.2 Å². The molecule has 0 radical (unpaired) electrons. The van der Waals surface area contributed by atoms with Crippen LogP contribution in [-0.2, 0) is 16.1 Å². The number of nitrogen functional groups attached to an aromatic ring is 1. The molecule has 0 unspecified atom stereocenters. The van der Waals surface area contributed by atoms with Crippen molar-refractivity contribution in [3.63, 3.8) is 0 Å². The molecule has 0 bridgehead atoms. The molecule has 0 aliphatic heterocycles. The molecule has 18 heavy (non-hydrogen) atoms. The summed E-state index contributed by atoms with van der Waals surface area (Å²) in [5, 5.41) is 15.4.